The molecule has 0 aromatic carbocycles. The molecule has 4 heteroatoms. The molecule has 1 aromatic rings. The summed E-state index contributed by atoms with van der Waals surface area (Å²) in [5, 5.41) is 6.71. The number of aromatic nitrogens is 1. The van der Waals surface area contributed by atoms with Gasteiger partial charge in [0, 0.05) is 18.8 Å². The Balaban J connectivity index is 0.000000980. The van der Waals surface area contributed by atoms with E-state index in [4.69, 9.17) is 0 Å². The van der Waals surface area contributed by atoms with E-state index in [-0.39, 0.29) is 12.4 Å². The van der Waals surface area contributed by atoms with Gasteiger partial charge in [-0.1, -0.05) is 6.07 Å². The highest BCUT2D eigenvalue weighted by Gasteiger charge is 2.13. The molecule has 1 atom stereocenters. The largest absolute Gasteiger partial charge is 0.366 e. The number of nitrogens with one attached hydrogen (secondary N) is 2. The molecule has 1 aliphatic heterocycles. The molecule has 0 aliphatic carbocycles. The Morgan fingerprint density at radius 3 is 2.93 bits per heavy atom. The second-order valence-corrected chi connectivity index (χ2v) is 3.55. The van der Waals surface area contributed by atoms with Crippen molar-refractivity contribution in [2.24, 2.45) is 0 Å². The van der Waals surface area contributed by atoms with Crippen LogP contribution in [0, 0.1) is 6.92 Å². The van der Waals surface area contributed by atoms with Crippen molar-refractivity contribution >= 4 is 18.2 Å². The third-order valence-corrected chi connectivity index (χ3v) is 2.32. The molecular weight excluding hydrogens is 198 g/mol. The molecule has 2 heterocycles. The fourth-order valence-electron chi connectivity index (χ4n) is 1.54. The van der Waals surface area contributed by atoms with Crippen molar-refractivity contribution in [3.05, 3.63) is 23.9 Å². The van der Waals surface area contributed by atoms with Gasteiger partial charge in [-0.15, -0.1) is 12.4 Å². The molecule has 0 spiro atoms. The van der Waals surface area contributed by atoms with Gasteiger partial charge < -0.3 is 10.6 Å². The Kier molecular flexibility index (Phi) is 4.17. The molecule has 3 nitrogen and oxygen atoms in total. The summed E-state index contributed by atoms with van der Waals surface area (Å²) >= 11 is 0. The summed E-state index contributed by atoms with van der Waals surface area (Å²) in [6, 6.07) is 4.67. The zero-order valence-corrected chi connectivity index (χ0v) is 9.10. The number of nitrogens with zero attached hydrogens (tertiary/aromatic N) is 1. The number of anilines is 1. The van der Waals surface area contributed by atoms with Gasteiger partial charge in [0.05, 0.1) is 0 Å². The minimum Gasteiger partial charge on any atom is -0.366 e. The van der Waals surface area contributed by atoms with Gasteiger partial charge >= 0.3 is 0 Å². The van der Waals surface area contributed by atoms with Crippen LogP contribution in [0.4, 0.5) is 5.82 Å². The highest BCUT2D eigenvalue weighted by molar-refractivity contribution is 5.85. The van der Waals surface area contributed by atoms with Crippen LogP contribution in [0.25, 0.3) is 0 Å². The maximum atomic E-state index is 4.30. The van der Waals surface area contributed by atoms with E-state index in [1.54, 1.807) is 0 Å². The fraction of sp³-hybridized carbons (Fsp3) is 0.500. The highest BCUT2D eigenvalue weighted by Crippen LogP contribution is 2.08. The molecular formula is C10H16ClN3. The summed E-state index contributed by atoms with van der Waals surface area (Å²) in [6.07, 6.45) is 3.08. The molecule has 0 saturated carbocycles. The molecule has 0 bridgehead atoms. The first-order valence-electron chi connectivity index (χ1n) is 4.74. The van der Waals surface area contributed by atoms with Crippen molar-refractivity contribution in [3.63, 3.8) is 0 Å². The monoisotopic (exact) mass is 213 g/mol. The Labute approximate surface area is 90.7 Å². The van der Waals surface area contributed by atoms with E-state index in [0.717, 1.165) is 18.9 Å². The van der Waals surface area contributed by atoms with Gasteiger partial charge in [0.15, 0.2) is 0 Å². The zero-order chi connectivity index (χ0) is 9.10. The van der Waals surface area contributed by atoms with E-state index in [0.29, 0.717) is 6.04 Å². The normalized spacial score (nSPS) is 20.2. The minimum atomic E-state index is 0. The van der Waals surface area contributed by atoms with Crippen LogP contribution in [0.5, 0.6) is 0 Å². The summed E-state index contributed by atoms with van der Waals surface area (Å²) in [6.45, 7) is 4.22. The molecule has 0 amide bonds. The minimum absolute atomic E-state index is 0. The number of halogens is 1. The van der Waals surface area contributed by atoms with Gasteiger partial charge in [0.1, 0.15) is 5.82 Å². The fourth-order valence-corrected chi connectivity index (χ4v) is 1.54. The van der Waals surface area contributed by atoms with E-state index >= 15 is 0 Å². The van der Waals surface area contributed by atoms with Gasteiger partial charge in [-0.2, -0.15) is 0 Å². The smallest absolute Gasteiger partial charge is 0.126 e. The van der Waals surface area contributed by atoms with E-state index in [1.165, 1.54) is 12.0 Å². The van der Waals surface area contributed by atoms with Crippen LogP contribution in [0.1, 0.15) is 12.0 Å². The molecule has 1 saturated heterocycles. The Morgan fingerprint density at radius 1 is 1.50 bits per heavy atom. The standard InChI is InChI=1S/C10H15N3.ClH/c1-8-2-3-10(12-6-8)13-9-4-5-11-7-9;/h2-3,6,9,11H,4-5,7H2,1H3,(H,12,13);1H/t9-;/m0./s1. The van der Waals surface area contributed by atoms with E-state index in [9.17, 15) is 0 Å². The maximum absolute atomic E-state index is 4.30. The van der Waals surface area contributed by atoms with Crippen LogP contribution in [-0.4, -0.2) is 24.1 Å². The van der Waals surface area contributed by atoms with E-state index in [2.05, 4.69) is 21.7 Å². The van der Waals surface area contributed by atoms with Crippen molar-refractivity contribution in [1.29, 1.82) is 0 Å². The summed E-state index contributed by atoms with van der Waals surface area (Å²) in [5.41, 5.74) is 1.20. The van der Waals surface area contributed by atoms with E-state index < -0.39 is 0 Å². The van der Waals surface area contributed by atoms with Crippen molar-refractivity contribution in [3.8, 4) is 0 Å². The second-order valence-electron chi connectivity index (χ2n) is 3.55. The number of aryl methyl sites for hydroxylation is 1. The number of hydrogen-bond donors (Lipinski definition) is 2. The summed E-state index contributed by atoms with van der Waals surface area (Å²) in [7, 11) is 0. The molecule has 2 N–H and O–H groups in total. The van der Waals surface area contributed by atoms with Crippen LogP contribution in [0.3, 0.4) is 0 Å². The third-order valence-electron chi connectivity index (χ3n) is 2.32. The van der Waals surface area contributed by atoms with Crippen molar-refractivity contribution in [2.75, 3.05) is 18.4 Å². The second kappa shape index (κ2) is 5.17. The average molecular weight is 214 g/mol. The molecule has 1 aromatic heterocycles. The van der Waals surface area contributed by atoms with Gasteiger partial charge in [-0.3, -0.25) is 0 Å². The molecule has 0 radical (unpaired) electrons. The molecule has 14 heavy (non-hydrogen) atoms. The lowest BCUT2D eigenvalue weighted by Crippen LogP contribution is -2.22. The summed E-state index contributed by atoms with van der Waals surface area (Å²) in [5.74, 6) is 0.985. The molecule has 1 aliphatic rings. The first-order chi connectivity index (χ1) is 6.34. The average Bonchev–Trinajstić information content (AvgIpc) is 2.62. The quantitative estimate of drug-likeness (QED) is 0.784. The number of hydrogen-bond acceptors (Lipinski definition) is 3. The lowest BCUT2D eigenvalue weighted by atomic mass is 10.2. The van der Waals surface area contributed by atoms with Crippen molar-refractivity contribution < 1.29 is 0 Å². The van der Waals surface area contributed by atoms with Gasteiger partial charge in [-0.05, 0) is 31.5 Å². The van der Waals surface area contributed by atoms with Crippen LogP contribution < -0.4 is 10.6 Å². The van der Waals surface area contributed by atoms with Gasteiger partial charge in [-0.25, -0.2) is 4.98 Å². The highest BCUT2D eigenvalue weighted by atomic mass is 35.5. The first kappa shape index (κ1) is 11.3. The van der Waals surface area contributed by atoms with Gasteiger partial charge in [0.25, 0.3) is 0 Å². The topological polar surface area (TPSA) is 37.0 Å². The number of pyridine rings is 1. The maximum Gasteiger partial charge on any atom is 0.126 e. The lowest BCUT2D eigenvalue weighted by molar-refractivity contribution is 0.788. The van der Waals surface area contributed by atoms with Crippen molar-refractivity contribution in [1.82, 2.24) is 10.3 Å². The van der Waals surface area contributed by atoms with Crippen LogP contribution in [-0.2, 0) is 0 Å². The molecule has 0 unspecified atom stereocenters. The zero-order valence-electron chi connectivity index (χ0n) is 8.29. The van der Waals surface area contributed by atoms with Crippen LogP contribution in [0.2, 0.25) is 0 Å². The van der Waals surface area contributed by atoms with Gasteiger partial charge in [0.2, 0.25) is 0 Å². The predicted molar refractivity (Wildman–Crippen MR) is 61.1 cm³/mol. The Bertz CT molecular complexity index is 267. The molecule has 1 fully saturated rings. The SMILES string of the molecule is Cc1ccc(N[C@H]2CCNC2)nc1.Cl. The molecule has 2 rings (SSSR count). The van der Waals surface area contributed by atoms with E-state index in [1.807, 2.05) is 19.2 Å². The number of rotatable bonds is 2. The predicted octanol–water partition coefficient (Wildman–Crippen LogP) is 1.59. The lowest BCUT2D eigenvalue weighted by Gasteiger charge is -2.11. The summed E-state index contributed by atoms with van der Waals surface area (Å²) in [4.78, 5) is 4.30. The first-order valence-corrected chi connectivity index (χ1v) is 4.74. The summed E-state index contributed by atoms with van der Waals surface area (Å²) < 4.78 is 0. The van der Waals surface area contributed by atoms with Crippen molar-refractivity contribution in [2.45, 2.75) is 19.4 Å². The Hall–Kier alpha value is -0.800. The third kappa shape index (κ3) is 2.86. The van der Waals surface area contributed by atoms with Crippen LogP contribution in [0.15, 0.2) is 18.3 Å². The van der Waals surface area contributed by atoms with Crippen LogP contribution >= 0.6 is 12.4 Å². The Morgan fingerprint density at radius 2 is 2.36 bits per heavy atom. The molecule has 78 valence electrons.